The van der Waals surface area contributed by atoms with Gasteiger partial charge in [-0.05, 0) is 22.0 Å². The van der Waals surface area contributed by atoms with Crippen molar-refractivity contribution in [2.24, 2.45) is 0 Å². The van der Waals surface area contributed by atoms with E-state index in [1.54, 1.807) is 6.07 Å². The monoisotopic (exact) mass is 204 g/mol. The standard InChI is InChI=1S/C5H5BrN2O2/c6-4-1-3(2-7-4)5(9)8-10/h1-2,7,10H,(H,8,9). The van der Waals surface area contributed by atoms with Crippen LogP contribution in [0.15, 0.2) is 16.9 Å². The highest BCUT2D eigenvalue weighted by atomic mass is 79.9. The predicted octanol–water partition coefficient (Wildman–Crippen LogP) is 0.896. The highest BCUT2D eigenvalue weighted by molar-refractivity contribution is 9.10. The van der Waals surface area contributed by atoms with Crippen LogP contribution in [-0.4, -0.2) is 16.1 Å². The zero-order valence-corrected chi connectivity index (χ0v) is 6.47. The summed E-state index contributed by atoms with van der Waals surface area (Å²) in [5, 5.41) is 8.17. The van der Waals surface area contributed by atoms with Gasteiger partial charge in [-0.2, -0.15) is 0 Å². The highest BCUT2D eigenvalue weighted by Crippen LogP contribution is 2.08. The van der Waals surface area contributed by atoms with Crippen molar-refractivity contribution in [3.63, 3.8) is 0 Å². The lowest BCUT2D eigenvalue weighted by molar-refractivity contribution is 0.0706. The van der Waals surface area contributed by atoms with Crippen molar-refractivity contribution >= 4 is 21.8 Å². The van der Waals surface area contributed by atoms with E-state index in [1.165, 1.54) is 11.7 Å². The molecule has 1 amide bonds. The van der Waals surface area contributed by atoms with Crippen molar-refractivity contribution in [3.8, 4) is 0 Å². The van der Waals surface area contributed by atoms with Crippen LogP contribution in [0.1, 0.15) is 10.4 Å². The number of aromatic nitrogens is 1. The topological polar surface area (TPSA) is 65.1 Å². The Morgan fingerprint density at radius 2 is 2.50 bits per heavy atom. The van der Waals surface area contributed by atoms with Gasteiger partial charge in [0.1, 0.15) is 0 Å². The van der Waals surface area contributed by atoms with Crippen LogP contribution < -0.4 is 5.48 Å². The van der Waals surface area contributed by atoms with Gasteiger partial charge in [0.15, 0.2) is 0 Å². The van der Waals surface area contributed by atoms with Crippen molar-refractivity contribution in [2.75, 3.05) is 0 Å². The van der Waals surface area contributed by atoms with Gasteiger partial charge in [-0.15, -0.1) is 0 Å². The fraction of sp³-hybridized carbons (Fsp3) is 0. The maximum atomic E-state index is 10.6. The molecule has 0 unspecified atom stereocenters. The molecular weight excluding hydrogens is 200 g/mol. The van der Waals surface area contributed by atoms with Crippen LogP contribution in [0.2, 0.25) is 0 Å². The number of rotatable bonds is 1. The second kappa shape index (κ2) is 2.85. The first-order chi connectivity index (χ1) is 4.74. The molecular formula is C5H5BrN2O2. The summed E-state index contributed by atoms with van der Waals surface area (Å²) in [7, 11) is 0. The Labute approximate surface area is 65.3 Å². The van der Waals surface area contributed by atoms with Gasteiger partial charge in [0, 0.05) is 6.20 Å². The number of aromatic amines is 1. The largest absolute Gasteiger partial charge is 0.355 e. The molecule has 10 heavy (non-hydrogen) atoms. The second-order valence-electron chi connectivity index (χ2n) is 1.68. The number of carbonyl (C=O) groups excluding carboxylic acids is 1. The average Bonchev–Trinajstić information content (AvgIpc) is 2.34. The molecule has 0 saturated carbocycles. The molecule has 0 radical (unpaired) electrons. The summed E-state index contributed by atoms with van der Waals surface area (Å²) in [5.41, 5.74) is 1.90. The lowest BCUT2D eigenvalue weighted by Crippen LogP contribution is -2.17. The number of hydrogen-bond acceptors (Lipinski definition) is 2. The summed E-state index contributed by atoms with van der Waals surface area (Å²) in [6, 6.07) is 1.56. The zero-order valence-electron chi connectivity index (χ0n) is 4.89. The van der Waals surface area contributed by atoms with Gasteiger partial charge < -0.3 is 4.98 Å². The molecule has 0 fully saturated rings. The zero-order chi connectivity index (χ0) is 7.56. The lowest BCUT2D eigenvalue weighted by Gasteiger charge is -1.89. The SMILES string of the molecule is O=C(NO)c1c[nH]c(Br)c1. The molecule has 3 N–H and O–H groups in total. The normalized spacial score (nSPS) is 9.40. The highest BCUT2D eigenvalue weighted by Gasteiger charge is 2.04. The van der Waals surface area contributed by atoms with E-state index < -0.39 is 5.91 Å². The molecule has 4 nitrogen and oxygen atoms in total. The van der Waals surface area contributed by atoms with Gasteiger partial charge >= 0.3 is 0 Å². The quantitative estimate of drug-likeness (QED) is 0.471. The third-order valence-corrected chi connectivity index (χ3v) is 1.47. The molecule has 0 aromatic carbocycles. The first-order valence-electron chi connectivity index (χ1n) is 2.52. The molecule has 1 aromatic heterocycles. The van der Waals surface area contributed by atoms with Gasteiger partial charge in [-0.3, -0.25) is 10.0 Å². The van der Waals surface area contributed by atoms with Gasteiger partial charge in [0.2, 0.25) is 0 Å². The van der Waals surface area contributed by atoms with E-state index >= 15 is 0 Å². The van der Waals surface area contributed by atoms with Crippen LogP contribution >= 0.6 is 15.9 Å². The Morgan fingerprint density at radius 1 is 1.80 bits per heavy atom. The Balaban J connectivity index is 2.85. The minimum Gasteiger partial charge on any atom is -0.355 e. The molecule has 1 aromatic rings. The maximum absolute atomic E-state index is 10.6. The van der Waals surface area contributed by atoms with E-state index in [1.807, 2.05) is 0 Å². The molecule has 5 heteroatoms. The Bertz CT molecular complexity index is 246. The van der Waals surface area contributed by atoms with E-state index in [0.717, 1.165) is 0 Å². The molecule has 0 spiro atoms. The van der Waals surface area contributed by atoms with Crippen molar-refractivity contribution < 1.29 is 10.0 Å². The Morgan fingerprint density at radius 3 is 2.90 bits per heavy atom. The summed E-state index contributed by atoms with van der Waals surface area (Å²) in [4.78, 5) is 13.4. The first kappa shape index (κ1) is 7.30. The minimum absolute atomic E-state index is 0.384. The number of amides is 1. The Kier molecular flexibility index (Phi) is 2.08. The van der Waals surface area contributed by atoms with Crippen molar-refractivity contribution in [2.45, 2.75) is 0 Å². The van der Waals surface area contributed by atoms with Crippen LogP contribution in [0.25, 0.3) is 0 Å². The molecule has 0 atom stereocenters. The Hall–Kier alpha value is -0.810. The number of halogens is 1. The van der Waals surface area contributed by atoms with Crippen molar-refractivity contribution in [1.29, 1.82) is 0 Å². The van der Waals surface area contributed by atoms with Crippen LogP contribution in [0.3, 0.4) is 0 Å². The summed E-state index contributed by atoms with van der Waals surface area (Å²) in [6.07, 6.45) is 1.48. The molecule has 0 bridgehead atoms. The van der Waals surface area contributed by atoms with Gasteiger partial charge in [0.25, 0.3) is 5.91 Å². The second-order valence-corrected chi connectivity index (χ2v) is 2.53. The van der Waals surface area contributed by atoms with Crippen molar-refractivity contribution in [1.82, 2.24) is 10.5 Å². The maximum Gasteiger partial charge on any atom is 0.276 e. The summed E-state index contributed by atoms with van der Waals surface area (Å²) >= 11 is 3.11. The number of hydroxylamine groups is 1. The lowest BCUT2D eigenvalue weighted by atomic mass is 10.3. The van der Waals surface area contributed by atoms with Crippen LogP contribution in [0.4, 0.5) is 0 Å². The minimum atomic E-state index is -0.526. The third kappa shape index (κ3) is 1.37. The molecule has 0 aliphatic heterocycles. The van der Waals surface area contributed by atoms with E-state index in [-0.39, 0.29) is 0 Å². The van der Waals surface area contributed by atoms with E-state index in [0.29, 0.717) is 10.2 Å². The third-order valence-electron chi connectivity index (χ3n) is 1.01. The molecule has 0 saturated heterocycles. The number of nitrogens with one attached hydrogen (secondary N) is 2. The first-order valence-corrected chi connectivity index (χ1v) is 3.31. The average molecular weight is 205 g/mol. The molecule has 0 aliphatic rings. The van der Waals surface area contributed by atoms with E-state index in [9.17, 15) is 4.79 Å². The van der Waals surface area contributed by atoms with Crippen LogP contribution in [-0.2, 0) is 0 Å². The number of H-pyrrole nitrogens is 1. The molecule has 1 heterocycles. The van der Waals surface area contributed by atoms with E-state index in [4.69, 9.17) is 5.21 Å². The van der Waals surface area contributed by atoms with Gasteiger partial charge in [-0.25, -0.2) is 5.48 Å². The van der Waals surface area contributed by atoms with Crippen molar-refractivity contribution in [3.05, 3.63) is 22.4 Å². The van der Waals surface area contributed by atoms with Gasteiger partial charge in [0.05, 0.1) is 10.2 Å². The van der Waals surface area contributed by atoms with E-state index in [2.05, 4.69) is 20.9 Å². The molecule has 54 valence electrons. The number of hydrogen-bond donors (Lipinski definition) is 3. The number of carbonyl (C=O) groups is 1. The summed E-state index contributed by atoms with van der Waals surface area (Å²) < 4.78 is 0.700. The smallest absolute Gasteiger partial charge is 0.276 e. The fourth-order valence-electron chi connectivity index (χ4n) is 0.562. The summed E-state index contributed by atoms with van der Waals surface area (Å²) in [6.45, 7) is 0. The van der Waals surface area contributed by atoms with Crippen LogP contribution in [0, 0.1) is 0 Å². The van der Waals surface area contributed by atoms with Crippen LogP contribution in [0.5, 0.6) is 0 Å². The molecule has 1 rings (SSSR count). The molecule has 0 aliphatic carbocycles. The predicted molar refractivity (Wildman–Crippen MR) is 37.7 cm³/mol. The fourth-order valence-corrected chi connectivity index (χ4v) is 0.923. The summed E-state index contributed by atoms with van der Waals surface area (Å²) in [5.74, 6) is -0.526. The van der Waals surface area contributed by atoms with Gasteiger partial charge in [-0.1, -0.05) is 0 Å².